The van der Waals surface area contributed by atoms with Crippen molar-refractivity contribution in [2.45, 2.75) is 38.8 Å². The molecule has 8 heteroatoms. The maximum atomic E-state index is 5.40. The lowest BCUT2D eigenvalue weighted by atomic mass is 10.0. The van der Waals surface area contributed by atoms with Gasteiger partial charge < -0.3 is 9.64 Å². The standard InChI is InChI=1S/C23H31N7O/c1-5-23(2,3)30-22(25-26-27-30)21(20-11-6-7-12-24-20)29-15-13-28(14-16-29)18-9-8-10-19(17-18)31-4/h6-12,17,21H,5,13-16H2,1-4H3/t21-/m1/s1. The van der Waals surface area contributed by atoms with Crippen LogP contribution in [-0.2, 0) is 5.54 Å². The first-order valence-electron chi connectivity index (χ1n) is 10.9. The van der Waals surface area contributed by atoms with Crippen LogP contribution in [0.4, 0.5) is 5.69 Å². The van der Waals surface area contributed by atoms with Crippen molar-refractivity contribution < 1.29 is 4.74 Å². The van der Waals surface area contributed by atoms with Crippen molar-refractivity contribution in [3.8, 4) is 5.75 Å². The van der Waals surface area contributed by atoms with Crippen LogP contribution in [0, 0.1) is 0 Å². The number of hydrogen-bond donors (Lipinski definition) is 0. The number of methoxy groups -OCH3 is 1. The molecule has 3 heterocycles. The number of nitrogens with zero attached hydrogens (tertiary/aromatic N) is 7. The summed E-state index contributed by atoms with van der Waals surface area (Å²) in [5.41, 5.74) is 1.99. The van der Waals surface area contributed by atoms with Gasteiger partial charge in [0.2, 0.25) is 0 Å². The monoisotopic (exact) mass is 421 g/mol. The maximum absolute atomic E-state index is 5.40. The van der Waals surface area contributed by atoms with Crippen LogP contribution in [0.2, 0.25) is 0 Å². The summed E-state index contributed by atoms with van der Waals surface area (Å²) < 4.78 is 7.37. The van der Waals surface area contributed by atoms with E-state index < -0.39 is 0 Å². The summed E-state index contributed by atoms with van der Waals surface area (Å²) in [4.78, 5) is 9.51. The van der Waals surface area contributed by atoms with E-state index in [9.17, 15) is 0 Å². The molecular formula is C23H31N7O. The number of aromatic nitrogens is 5. The van der Waals surface area contributed by atoms with Gasteiger partial charge in [0, 0.05) is 44.1 Å². The molecule has 1 fully saturated rings. The van der Waals surface area contributed by atoms with Gasteiger partial charge in [0.1, 0.15) is 11.8 Å². The van der Waals surface area contributed by atoms with E-state index in [0.29, 0.717) is 0 Å². The minimum atomic E-state index is -0.172. The molecule has 8 nitrogen and oxygen atoms in total. The van der Waals surface area contributed by atoms with Crippen molar-refractivity contribution in [2.24, 2.45) is 0 Å². The number of ether oxygens (including phenoxy) is 1. The second kappa shape index (κ2) is 9.01. The minimum Gasteiger partial charge on any atom is -0.497 e. The number of piperazine rings is 1. The molecule has 31 heavy (non-hydrogen) atoms. The maximum Gasteiger partial charge on any atom is 0.175 e. The van der Waals surface area contributed by atoms with Gasteiger partial charge in [0.25, 0.3) is 0 Å². The predicted molar refractivity (Wildman–Crippen MR) is 120 cm³/mol. The Labute approximate surface area is 183 Å². The summed E-state index contributed by atoms with van der Waals surface area (Å²) in [6, 6.07) is 14.2. The molecular weight excluding hydrogens is 390 g/mol. The van der Waals surface area contributed by atoms with Gasteiger partial charge in [-0.05, 0) is 55.0 Å². The van der Waals surface area contributed by atoms with E-state index in [1.165, 1.54) is 5.69 Å². The fourth-order valence-electron chi connectivity index (χ4n) is 4.01. The first-order chi connectivity index (χ1) is 15.0. The fraction of sp³-hybridized carbons (Fsp3) is 0.478. The molecule has 0 amide bonds. The van der Waals surface area contributed by atoms with Gasteiger partial charge in [0.15, 0.2) is 5.82 Å². The van der Waals surface area contributed by atoms with Crippen molar-refractivity contribution in [1.82, 2.24) is 30.1 Å². The average Bonchev–Trinajstić information content (AvgIpc) is 3.31. The van der Waals surface area contributed by atoms with Gasteiger partial charge in [0.05, 0.1) is 18.3 Å². The zero-order chi connectivity index (χ0) is 21.8. The third-order valence-corrected chi connectivity index (χ3v) is 6.24. The van der Waals surface area contributed by atoms with Crippen LogP contribution in [0.1, 0.15) is 44.8 Å². The molecule has 0 unspecified atom stereocenters. The quantitative estimate of drug-likeness (QED) is 0.580. The van der Waals surface area contributed by atoms with E-state index in [1.807, 2.05) is 35.1 Å². The normalized spacial score (nSPS) is 16.3. The van der Waals surface area contributed by atoms with E-state index in [-0.39, 0.29) is 11.6 Å². The summed E-state index contributed by atoms with van der Waals surface area (Å²) in [6.07, 6.45) is 2.78. The number of anilines is 1. The van der Waals surface area contributed by atoms with Crippen LogP contribution in [0.25, 0.3) is 0 Å². The summed E-state index contributed by atoms with van der Waals surface area (Å²) >= 11 is 0. The molecule has 0 bridgehead atoms. The second-order valence-electron chi connectivity index (χ2n) is 8.50. The number of rotatable bonds is 7. The number of benzene rings is 1. The number of tetrazole rings is 1. The Bertz CT molecular complexity index is 980. The van der Waals surface area contributed by atoms with Crippen LogP contribution in [0.3, 0.4) is 0 Å². The molecule has 1 aliphatic rings. The molecule has 0 aliphatic carbocycles. The lowest BCUT2D eigenvalue weighted by molar-refractivity contribution is 0.184. The van der Waals surface area contributed by atoms with E-state index in [0.717, 1.165) is 49.9 Å². The molecule has 3 aromatic rings. The molecule has 1 saturated heterocycles. The summed E-state index contributed by atoms with van der Waals surface area (Å²) in [5, 5.41) is 12.9. The zero-order valence-corrected chi connectivity index (χ0v) is 18.8. The van der Waals surface area contributed by atoms with Crippen LogP contribution in [0.5, 0.6) is 5.75 Å². The summed E-state index contributed by atoms with van der Waals surface area (Å²) in [5.74, 6) is 1.73. The lowest BCUT2D eigenvalue weighted by Gasteiger charge is -2.40. The van der Waals surface area contributed by atoms with Crippen LogP contribution >= 0.6 is 0 Å². The molecule has 0 radical (unpaired) electrons. The summed E-state index contributed by atoms with van der Waals surface area (Å²) in [7, 11) is 1.70. The Morgan fingerprint density at radius 2 is 1.87 bits per heavy atom. The van der Waals surface area contributed by atoms with Crippen molar-refractivity contribution in [1.29, 1.82) is 0 Å². The highest BCUT2D eigenvalue weighted by Crippen LogP contribution is 2.31. The number of pyridine rings is 1. The van der Waals surface area contributed by atoms with E-state index in [1.54, 1.807) is 7.11 Å². The van der Waals surface area contributed by atoms with Gasteiger partial charge in [-0.25, -0.2) is 4.68 Å². The van der Waals surface area contributed by atoms with Crippen molar-refractivity contribution in [3.63, 3.8) is 0 Å². The average molecular weight is 422 g/mol. The van der Waals surface area contributed by atoms with Gasteiger partial charge in [-0.1, -0.05) is 19.1 Å². The molecule has 1 aromatic carbocycles. The molecule has 2 aromatic heterocycles. The third-order valence-electron chi connectivity index (χ3n) is 6.24. The van der Waals surface area contributed by atoms with Gasteiger partial charge in [-0.2, -0.15) is 0 Å². The topological polar surface area (TPSA) is 72.2 Å². The fourth-order valence-corrected chi connectivity index (χ4v) is 4.01. The molecule has 0 saturated carbocycles. The highest BCUT2D eigenvalue weighted by molar-refractivity contribution is 5.51. The molecule has 1 aliphatic heterocycles. The van der Waals surface area contributed by atoms with E-state index >= 15 is 0 Å². The Morgan fingerprint density at radius 1 is 1.06 bits per heavy atom. The molecule has 0 spiro atoms. The molecule has 0 N–H and O–H groups in total. The van der Waals surface area contributed by atoms with Crippen LogP contribution < -0.4 is 9.64 Å². The zero-order valence-electron chi connectivity index (χ0n) is 18.8. The second-order valence-corrected chi connectivity index (χ2v) is 8.50. The third kappa shape index (κ3) is 4.39. The smallest absolute Gasteiger partial charge is 0.175 e. The summed E-state index contributed by atoms with van der Waals surface area (Å²) in [6.45, 7) is 10.1. The largest absolute Gasteiger partial charge is 0.497 e. The van der Waals surface area contributed by atoms with Gasteiger partial charge in [-0.3, -0.25) is 9.88 Å². The Kier molecular flexibility index (Phi) is 6.18. The van der Waals surface area contributed by atoms with Gasteiger partial charge >= 0.3 is 0 Å². The van der Waals surface area contributed by atoms with Crippen LogP contribution in [0.15, 0.2) is 48.7 Å². The first kappa shape index (κ1) is 21.2. The SMILES string of the molecule is CCC(C)(C)n1nnnc1[C@@H](c1ccccn1)N1CCN(c2cccc(OC)c2)CC1. The lowest BCUT2D eigenvalue weighted by Crippen LogP contribution is -2.49. The molecule has 1 atom stereocenters. The van der Waals surface area contributed by atoms with Crippen LogP contribution in [-0.4, -0.2) is 63.4 Å². The molecule has 4 rings (SSSR count). The Morgan fingerprint density at radius 3 is 2.55 bits per heavy atom. The van der Waals surface area contributed by atoms with E-state index in [2.05, 4.69) is 69.3 Å². The minimum absolute atomic E-state index is 0.0884. The molecule has 164 valence electrons. The van der Waals surface area contributed by atoms with Gasteiger partial charge in [-0.15, -0.1) is 5.10 Å². The Balaban J connectivity index is 1.61. The van der Waals surface area contributed by atoms with Crippen molar-refractivity contribution in [3.05, 3.63) is 60.2 Å². The first-order valence-corrected chi connectivity index (χ1v) is 10.9. The Hall–Kier alpha value is -3.00. The highest BCUT2D eigenvalue weighted by Gasteiger charge is 2.34. The van der Waals surface area contributed by atoms with E-state index in [4.69, 9.17) is 4.74 Å². The highest BCUT2D eigenvalue weighted by atomic mass is 16.5. The predicted octanol–water partition coefficient (Wildman–Crippen LogP) is 3.13. The number of hydrogen-bond acceptors (Lipinski definition) is 7. The van der Waals surface area contributed by atoms with Crippen molar-refractivity contribution >= 4 is 5.69 Å². The van der Waals surface area contributed by atoms with Crippen molar-refractivity contribution in [2.75, 3.05) is 38.2 Å².